The van der Waals surface area contributed by atoms with Crippen molar-refractivity contribution in [2.24, 2.45) is 0 Å². The first-order valence-electron chi connectivity index (χ1n) is 9.22. The maximum absolute atomic E-state index is 12.4. The lowest BCUT2D eigenvalue weighted by Gasteiger charge is -2.14. The molecule has 0 saturated heterocycles. The summed E-state index contributed by atoms with van der Waals surface area (Å²) in [6, 6.07) is 15.8. The number of carbonyl (C=O) groups is 1. The molecule has 0 fully saturated rings. The Hall–Kier alpha value is -2.47. The molecule has 0 radical (unpaired) electrons. The number of ether oxygens (including phenoxy) is 3. The molecule has 160 valence electrons. The Morgan fingerprint density at radius 2 is 1.74 bits per heavy atom. The lowest BCUT2D eigenvalue weighted by atomic mass is 10.1. The van der Waals surface area contributed by atoms with E-state index in [0.717, 1.165) is 11.1 Å². The molecule has 7 heteroatoms. The van der Waals surface area contributed by atoms with Gasteiger partial charge in [0.15, 0.2) is 17.3 Å². The first kappa shape index (κ1) is 23.2. The smallest absolute Gasteiger partial charge is 0.185 e. The van der Waals surface area contributed by atoms with E-state index < -0.39 is 0 Å². The minimum atomic E-state index is -0.115. The van der Waals surface area contributed by atoms with E-state index in [4.69, 9.17) is 37.4 Å². The average molecular weight is 522 g/mol. The van der Waals surface area contributed by atoms with Crippen molar-refractivity contribution in [1.82, 2.24) is 0 Å². The van der Waals surface area contributed by atoms with E-state index in [0.29, 0.717) is 37.3 Å². The van der Waals surface area contributed by atoms with Crippen LogP contribution in [-0.2, 0) is 6.61 Å². The normalized spacial score (nSPS) is 10.9. The van der Waals surface area contributed by atoms with E-state index in [9.17, 15) is 4.79 Å². The van der Waals surface area contributed by atoms with Crippen LogP contribution in [0.4, 0.5) is 0 Å². The predicted molar refractivity (Wildman–Crippen MR) is 128 cm³/mol. The van der Waals surface area contributed by atoms with Crippen LogP contribution in [0.5, 0.6) is 17.2 Å². The van der Waals surface area contributed by atoms with Gasteiger partial charge in [0.05, 0.1) is 18.7 Å². The SMILES string of the molecule is COc1ccc(C(=O)/C=C/c2cc(Br)c(OCc3ccc(Cl)cc3Cl)c(OC)c2)cc1. The summed E-state index contributed by atoms with van der Waals surface area (Å²) in [5.41, 5.74) is 2.15. The molecule has 0 aromatic heterocycles. The van der Waals surface area contributed by atoms with Crippen molar-refractivity contribution in [3.05, 3.63) is 91.9 Å². The molecule has 0 atom stereocenters. The van der Waals surface area contributed by atoms with Gasteiger partial charge in [-0.15, -0.1) is 0 Å². The fourth-order valence-electron chi connectivity index (χ4n) is 2.79. The second-order valence-corrected chi connectivity index (χ2v) is 8.18. The van der Waals surface area contributed by atoms with Crippen molar-refractivity contribution in [3.63, 3.8) is 0 Å². The zero-order valence-corrected chi connectivity index (χ0v) is 19.9. The Labute approximate surface area is 199 Å². The number of ketones is 1. The highest BCUT2D eigenvalue weighted by molar-refractivity contribution is 9.10. The van der Waals surface area contributed by atoms with Crippen LogP contribution in [0, 0.1) is 0 Å². The molecule has 4 nitrogen and oxygen atoms in total. The van der Waals surface area contributed by atoms with Crippen molar-refractivity contribution in [1.29, 1.82) is 0 Å². The molecule has 3 aromatic rings. The van der Waals surface area contributed by atoms with Crippen molar-refractivity contribution in [3.8, 4) is 17.2 Å². The molecule has 0 amide bonds. The lowest BCUT2D eigenvalue weighted by Crippen LogP contribution is -2.00. The van der Waals surface area contributed by atoms with E-state index in [2.05, 4.69) is 15.9 Å². The Balaban J connectivity index is 1.76. The van der Waals surface area contributed by atoms with Gasteiger partial charge in [0.25, 0.3) is 0 Å². The van der Waals surface area contributed by atoms with Gasteiger partial charge in [0.2, 0.25) is 0 Å². The molecular weight excluding hydrogens is 503 g/mol. The van der Waals surface area contributed by atoms with Gasteiger partial charge in [0, 0.05) is 21.2 Å². The number of allylic oxidation sites excluding steroid dienone is 1. The molecule has 3 aromatic carbocycles. The van der Waals surface area contributed by atoms with E-state index >= 15 is 0 Å². The summed E-state index contributed by atoms with van der Waals surface area (Å²) in [6.45, 7) is 0.246. The summed E-state index contributed by atoms with van der Waals surface area (Å²) in [5.74, 6) is 1.64. The molecule has 0 aliphatic carbocycles. The van der Waals surface area contributed by atoms with Gasteiger partial charge in [-0.3, -0.25) is 4.79 Å². The number of rotatable bonds is 8. The van der Waals surface area contributed by atoms with Crippen LogP contribution in [0.1, 0.15) is 21.5 Å². The van der Waals surface area contributed by atoms with E-state index in [1.54, 1.807) is 62.8 Å². The Bertz CT molecular complexity index is 1110. The molecule has 31 heavy (non-hydrogen) atoms. The zero-order chi connectivity index (χ0) is 22.4. The fraction of sp³-hybridized carbons (Fsp3) is 0.125. The van der Waals surface area contributed by atoms with Crippen molar-refractivity contribution < 1.29 is 19.0 Å². The fourth-order valence-corrected chi connectivity index (χ4v) is 3.83. The molecule has 3 rings (SSSR count). The highest BCUT2D eigenvalue weighted by atomic mass is 79.9. The van der Waals surface area contributed by atoms with Gasteiger partial charge in [0.1, 0.15) is 12.4 Å². The number of benzene rings is 3. The number of halogens is 3. The molecule has 0 spiro atoms. The first-order chi connectivity index (χ1) is 14.9. The second-order valence-electron chi connectivity index (χ2n) is 6.48. The molecule has 0 heterocycles. The second kappa shape index (κ2) is 10.7. The number of hydrogen-bond acceptors (Lipinski definition) is 4. The van der Waals surface area contributed by atoms with Crippen LogP contribution in [0.2, 0.25) is 10.0 Å². The molecule has 0 saturated carbocycles. The summed E-state index contributed by atoms with van der Waals surface area (Å²) in [6.07, 6.45) is 3.23. The maximum atomic E-state index is 12.4. The third-order valence-corrected chi connectivity index (χ3v) is 5.62. The van der Waals surface area contributed by atoms with Gasteiger partial charge in [-0.25, -0.2) is 0 Å². The summed E-state index contributed by atoms with van der Waals surface area (Å²) < 4.78 is 17.2. The third-order valence-electron chi connectivity index (χ3n) is 4.44. The van der Waals surface area contributed by atoms with Gasteiger partial charge in [-0.05, 0) is 76.1 Å². The molecule has 0 aliphatic heterocycles. The van der Waals surface area contributed by atoms with E-state index in [-0.39, 0.29) is 12.4 Å². The van der Waals surface area contributed by atoms with Crippen LogP contribution in [0.25, 0.3) is 6.08 Å². The highest BCUT2D eigenvalue weighted by Crippen LogP contribution is 2.38. The molecule has 0 bridgehead atoms. The van der Waals surface area contributed by atoms with Gasteiger partial charge < -0.3 is 14.2 Å². The van der Waals surface area contributed by atoms with Gasteiger partial charge in [-0.2, -0.15) is 0 Å². The monoisotopic (exact) mass is 520 g/mol. The van der Waals surface area contributed by atoms with Crippen LogP contribution in [0.3, 0.4) is 0 Å². The Kier molecular flexibility index (Phi) is 8.02. The number of methoxy groups -OCH3 is 2. The standard InChI is InChI=1S/C24H19BrCl2O4/c1-29-19-8-5-16(6-9-19)22(28)10-3-15-11-20(25)24(23(12-15)30-2)31-14-17-4-7-18(26)13-21(17)27/h3-13H,14H2,1-2H3/b10-3+. The third kappa shape index (κ3) is 6.03. The largest absolute Gasteiger partial charge is 0.497 e. The van der Waals surface area contributed by atoms with Crippen molar-refractivity contribution in [2.75, 3.05) is 14.2 Å². The number of carbonyl (C=O) groups excluding carboxylic acids is 1. The van der Waals surface area contributed by atoms with Crippen molar-refractivity contribution >= 4 is 51.0 Å². The highest BCUT2D eigenvalue weighted by Gasteiger charge is 2.13. The summed E-state index contributed by atoms with van der Waals surface area (Å²) >= 11 is 15.7. The van der Waals surface area contributed by atoms with Crippen molar-refractivity contribution in [2.45, 2.75) is 6.61 Å². The number of hydrogen-bond donors (Lipinski definition) is 0. The van der Waals surface area contributed by atoms with Gasteiger partial charge in [-0.1, -0.05) is 35.3 Å². The topological polar surface area (TPSA) is 44.8 Å². The van der Waals surface area contributed by atoms with Crippen LogP contribution in [-0.4, -0.2) is 20.0 Å². The van der Waals surface area contributed by atoms with Crippen LogP contribution < -0.4 is 14.2 Å². The minimum Gasteiger partial charge on any atom is -0.497 e. The summed E-state index contributed by atoms with van der Waals surface area (Å²) in [7, 11) is 3.14. The zero-order valence-electron chi connectivity index (χ0n) is 16.8. The van der Waals surface area contributed by atoms with Gasteiger partial charge >= 0.3 is 0 Å². The molecule has 0 aliphatic rings. The molecular formula is C24H19BrCl2O4. The maximum Gasteiger partial charge on any atom is 0.185 e. The van der Waals surface area contributed by atoms with Crippen LogP contribution in [0.15, 0.2) is 65.1 Å². The van der Waals surface area contributed by atoms with E-state index in [1.807, 2.05) is 12.1 Å². The predicted octanol–water partition coefficient (Wildman–Crippen LogP) is 7.25. The molecule has 0 unspecified atom stereocenters. The Morgan fingerprint density at radius 3 is 2.39 bits per heavy atom. The summed E-state index contributed by atoms with van der Waals surface area (Å²) in [4.78, 5) is 12.4. The average Bonchev–Trinajstić information content (AvgIpc) is 2.77. The first-order valence-corrected chi connectivity index (χ1v) is 10.8. The Morgan fingerprint density at radius 1 is 1.00 bits per heavy atom. The molecule has 0 N–H and O–H groups in total. The van der Waals surface area contributed by atoms with E-state index in [1.165, 1.54) is 6.08 Å². The lowest BCUT2D eigenvalue weighted by molar-refractivity contribution is 0.104. The van der Waals surface area contributed by atoms with Crippen LogP contribution >= 0.6 is 39.1 Å². The minimum absolute atomic E-state index is 0.115. The summed E-state index contributed by atoms with van der Waals surface area (Å²) in [5, 5.41) is 1.09. The quantitative estimate of drug-likeness (QED) is 0.231.